The van der Waals surface area contributed by atoms with Crippen LogP contribution in [0.25, 0.3) is 0 Å². The van der Waals surface area contributed by atoms with Gasteiger partial charge in [-0.15, -0.1) is 0 Å². The van der Waals surface area contributed by atoms with E-state index < -0.39 is 0 Å². The van der Waals surface area contributed by atoms with Gasteiger partial charge in [0.05, 0.1) is 6.61 Å². The summed E-state index contributed by atoms with van der Waals surface area (Å²) in [6.45, 7) is 0.107. The van der Waals surface area contributed by atoms with Crippen molar-refractivity contribution in [2.24, 2.45) is 0 Å². The molecule has 4 aromatic rings. The number of halogens is 3. The maximum atomic E-state index is 9.18. The maximum absolute atomic E-state index is 9.18. The van der Waals surface area contributed by atoms with Crippen molar-refractivity contribution in [1.29, 1.82) is 0 Å². The summed E-state index contributed by atoms with van der Waals surface area (Å²) >= 11 is 7.34. The molecule has 0 heterocycles. The first-order valence-corrected chi connectivity index (χ1v) is 18.0. The topological polar surface area (TPSA) is 20.2 Å². The van der Waals surface area contributed by atoms with E-state index in [4.69, 9.17) is 0 Å². The average Bonchev–Trinajstić information content (AvgIpc) is 2.98. The first kappa shape index (κ1) is 29.3. The van der Waals surface area contributed by atoms with Gasteiger partial charge in [-0.3, -0.25) is 0 Å². The molecule has 0 aromatic heterocycles. The predicted molar refractivity (Wildman–Crippen MR) is 197 cm³/mol. The lowest BCUT2D eigenvalue weighted by Gasteiger charge is -2.71. The smallest absolute Gasteiger partial charge is 0.0540 e. The largest absolute Gasteiger partial charge is 0.395 e. The van der Waals surface area contributed by atoms with Crippen molar-refractivity contribution in [3.63, 3.8) is 0 Å². The molecule has 0 radical (unpaired) electrons. The van der Waals surface area contributed by atoms with Gasteiger partial charge < -0.3 is 5.11 Å². The predicted octanol–water partition coefficient (Wildman–Crippen LogP) is 9.67. The molecule has 8 rings (SSSR count). The standard InChI is InChI=1S/C38H33I3O/c39-32-14-8-29(9-15-32)36-21-35(28-6-4-27(5-7-28)3-1-2-20-42)22-37(24-36,30-10-16-33(40)17-11-30)26-38(23-35,25-36)31-12-18-34(41)19-13-31/h4-19,42H,2,20-26H2. The Morgan fingerprint density at radius 1 is 0.476 bits per heavy atom. The third-order valence-corrected chi connectivity index (χ3v) is 12.6. The third kappa shape index (κ3) is 5.08. The second-order valence-corrected chi connectivity index (χ2v) is 16.8. The Morgan fingerprint density at radius 2 is 0.762 bits per heavy atom. The van der Waals surface area contributed by atoms with Crippen molar-refractivity contribution < 1.29 is 5.11 Å². The fraction of sp³-hybridized carbons (Fsp3) is 0.316. The van der Waals surface area contributed by atoms with Gasteiger partial charge in [0, 0.05) is 22.7 Å². The van der Waals surface area contributed by atoms with Gasteiger partial charge in [0.1, 0.15) is 0 Å². The van der Waals surface area contributed by atoms with Crippen LogP contribution in [0.4, 0.5) is 0 Å². The molecule has 4 aliphatic carbocycles. The highest BCUT2D eigenvalue weighted by Gasteiger charge is 2.69. The van der Waals surface area contributed by atoms with Crippen molar-refractivity contribution >= 4 is 67.8 Å². The highest BCUT2D eigenvalue weighted by molar-refractivity contribution is 14.1. The fourth-order valence-electron chi connectivity index (χ4n) is 9.40. The molecule has 1 nitrogen and oxygen atoms in total. The third-order valence-electron chi connectivity index (χ3n) is 10.4. The van der Waals surface area contributed by atoms with E-state index in [1.165, 1.54) is 71.5 Å². The van der Waals surface area contributed by atoms with E-state index in [-0.39, 0.29) is 28.3 Å². The van der Waals surface area contributed by atoms with Crippen LogP contribution in [0.1, 0.15) is 72.8 Å². The quantitative estimate of drug-likeness (QED) is 0.157. The van der Waals surface area contributed by atoms with Crippen molar-refractivity contribution in [2.45, 2.75) is 66.6 Å². The molecule has 0 aliphatic heterocycles. The van der Waals surface area contributed by atoms with Gasteiger partial charge in [-0.1, -0.05) is 60.4 Å². The molecule has 4 aliphatic rings. The van der Waals surface area contributed by atoms with Gasteiger partial charge in [0.25, 0.3) is 0 Å². The van der Waals surface area contributed by atoms with E-state index in [1.54, 1.807) is 0 Å². The molecule has 0 spiro atoms. The molecule has 0 unspecified atom stereocenters. The molecule has 212 valence electrons. The van der Waals surface area contributed by atoms with E-state index >= 15 is 0 Å². The Labute approximate surface area is 290 Å². The number of hydrogen-bond acceptors (Lipinski definition) is 1. The average molecular weight is 886 g/mol. The number of aliphatic hydroxyl groups excluding tert-OH is 1. The number of rotatable bonds is 5. The molecule has 4 fully saturated rings. The molecular weight excluding hydrogens is 853 g/mol. The van der Waals surface area contributed by atoms with Crippen LogP contribution in [0.15, 0.2) is 97.1 Å². The SMILES string of the molecule is OCCC#Cc1ccc(C23CC4(c5ccc(I)cc5)CC(c5ccc(I)cc5)(CC(c5ccc(I)cc5)(C4)C2)C3)cc1. The number of benzene rings is 4. The summed E-state index contributed by atoms with van der Waals surface area (Å²) in [4.78, 5) is 0. The highest BCUT2D eigenvalue weighted by Crippen LogP contribution is 2.74. The minimum absolute atomic E-state index is 0.0702. The lowest BCUT2D eigenvalue weighted by atomic mass is 9.32. The molecule has 4 saturated carbocycles. The Morgan fingerprint density at radius 3 is 1.05 bits per heavy atom. The lowest BCUT2D eigenvalue weighted by Crippen LogP contribution is -2.67. The van der Waals surface area contributed by atoms with Crippen LogP contribution in [0.2, 0.25) is 0 Å². The zero-order valence-corrected chi connectivity index (χ0v) is 29.9. The summed E-state index contributed by atoms with van der Waals surface area (Å²) in [7, 11) is 0. The van der Waals surface area contributed by atoms with E-state index in [0.717, 1.165) is 5.56 Å². The zero-order chi connectivity index (χ0) is 29.0. The Kier molecular flexibility index (Phi) is 7.81. The van der Waals surface area contributed by atoms with Crippen molar-refractivity contribution in [3.05, 3.63) is 136 Å². The van der Waals surface area contributed by atoms with Crippen LogP contribution < -0.4 is 0 Å². The molecule has 4 bridgehead atoms. The van der Waals surface area contributed by atoms with Gasteiger partial charge in [-0.25, -0.2) is 0 Å². The molecule has 4 heteroatoms. The highest BCUT2D eigenvalue weighted by atomic mass is 127. The lowest BCUT2D eigenvalue weighted by molar-refractivity contribution is -0.0691. The van der Waals surface area contributed by atoms with Crippen molar-refractivity contribution in [1.82, 2.24) is 0 Å². The molecule has 1 N–H and O–H groups in total. The van der Waals surface area contributed by atoms with Gasteiger partial charge in [0.15, 0.2) is 0 Å². The summed E-state index contributed by atoms with van der Waals surface area (Å²) in [5.41, 5.74) is 7.42. The summed E-state index contributed by atoms with van der Waals surface area (Å²) in [6, 6.07) is 37.7. The second-order valence-electron chi connectivity index (χ2n) is 13.1. The first-order valence-electron chi connectivity index (χ1n) is 14.8. The summed E-state index contributed by atoms with van der Waals surface area (Å²) in [6.07, 6.45) is 7.71. The van der Waals surface area contributed by atoms with Crippen LogP contribution in [-0.2, 0) is 21.7 Å². The molecule has 0 saturated heterocycles. The van der Waals surface area contributed by atoms with Gasteiger partial charge in [0.2, 0.25) is 0 Å². The molecular formula is C38H33I3O. The number of hydrogen-bond donors (Lipinski definition) is 1. The van der Waals surface area contributed by atoms with E-state index in [2.05, 4.69) is 177 Å². The molecule has 4 aromatic carbocycles. The van der Waals surface area contributed by atoms with Crippen molar-refractivity contribution in [3.8, 4) is 11.8 Å². The van der Waals surface area contributed by atoms with Gasteiger partial charge >= 0.3 is 0 Å². The van der Waals surface area contributed by atoms with E-state index in [0.29, 0.717) is 6.42 Å². The molecule has 42 heavy (non-hydrogen) atoms. The zero-order valence-electron chi connectivity index (χ0n) is 23.5. The first-order chi connectivity index (χ1) is 20.3. The van der Waals surface area contributed by atoms with Gasteiger partial charge in [-0.05, 0) is 199 Å². The van der Waals surface area contributed by atoms with Crippen LogP contribution in [0.5, 0.6) is 0 Å². The van der Waals surface area contributed by atoms with Gasteiger partial charge in [-0.2, -0.15) is 0 Å². The Hall–Kier alpha value is -1.41. The fourth-order valence-corrected chi connectivity index (χ4v) is 10.5. The van der Waals surface area contributed by atoms with Crippen LogP contribution in [-0.4, -0.2) is 11.7 Å². The van der Waals surface area contributed by atoms with Crippen LogP contribution >= 0.6 is 67.8 Å². The summed E-state index contributed by atoms with van der Waals surface area (Å²) in [5, 5.41) is 9.18. The summed E-state index contributed by atoms with van der Waals surface area (Å²) < 4.78 is 3.90. The van der Waals surface area contributed by atoms with Crippen LogP contribution in [0, 0.1) is 22.6 Å². The van der Waals surface area contributed by atoms with Crippen LogP contribution in [0.3, 0.4) is 0 Å². The molecule has 0 atom stereocenters. The van der Waals surface area contributed by atoms with E-state index in [1.807, 2.05) is 0 Å². The number of aliphatic hydroxyl groups is 1. The van der Waals surface area contributed by atoms with E-state index in [9.17, 15) is 5.11 Å². The van der Waals surface area contributed by atoms with Crippen molar-refractivity contribution in [2.75, 3.05) is 6.61 Å². The Balaban J connectivity index is 1.45. The Bertz CT molecular complexity index is 1500. The minimum atomic E-state index is 0.0702. The maximum Gasteiger partial charge on any atom is 0.0540 e. The second kappa shape index (κ2) is 11.2. The normalized spacial score (nSPS) is 29.2. The summed E-state index contributed by atoms with van der Waals surface area (Å²) in [5.74, 6) is 6.35. The minimum Gasteiger partial charge on any atom is -0.395 e. The monoisotopic (exact) mass is 886 g/mol. The molecule has 0 amide bonds.